The van der Waals surface area contributed by atoms with E-state index in [1.165, 1.54) is 29.5 Å². The molecule has 214 valence electrons. The zero-order valence-corrected chi connectivity index (χ0v) is 23.5. The highest BCUT2D eigenvalue weighted by molar-refractivity contribution is 5.90. The molecular formula is C32H36FN5O3. The van der Waals surface area contributed by atoms with Crippen LogP contribution in [0.1, 0.15) is 62.5 Å². The van der Waals surface area contributed by atoms with E-state index in [0.29, 0.717) is 44.2 Å². The van der Waals surface area contributed by atoms with Gasteiger partial charge in [-0.2, -0.15) is 9.97 Å². The summed E-state index contributed by atoms with van der Waals surface area (Å²) in [6.45, 7) is 5.36. The molecule has 0 saturated carbocycles. The van der Waals surface area contributed by atoms with Gasteiger partial charge in [0.05, 0.1) is 29.1 Å². The zero-order valence-electron chi connectivity index (χ0n) is 23.5. The molecule has 4 saturated heterocycles. The lowest BCUT2D eigenvalue weighted by Crippen LogP contribution is -2.56. The Kier molecular flexibility index (Phi) is 5.95. The first-order valence-corrected chi connectivity index (χ1v) is 15.3. The second-order valence-electron chi connectivity index (χ2n) is 12.7. The Bertz CT molecular complexity index is 1530. The number of benzene rings is 1. The van der Waals surface area contributed by atoms with Gasteiger partial charge in [-0.05, 0) is 74.2 Å². The van der Waals surface area contributed by atoms with Gasteiger partial charge in [0, 0.05) is 25.1 Å². The number of anilines is 1. The number of hydrogen-bond acceptors (Lipinski definition) is 8. The number of halogens is 1. The van der Waals surface area contributed by atoms with Crippen molar-refractivity contribution in [3.05, 3.63) is 41.5 Å². The highest BCUT2D eigenvalue weighted by atomic mass is 19.1. The minimum atomic E-state index is -0.818. The molecule has 9 heteroatoms. The Labute approximate surface area is 239 Å². The number of carbonyl (C=O) groups is 1. The molecule has 8 rings (SSSR count). The minimum absolute atomic E-state index is 0.0190. The van der Waals surface area contributed by atoms with Crippen LogP contribution < -0.4 is 9.64 Å². The van der Waals surface area contributed by atoms with Gasteiger partial charge in [0.1, 0.15) is 24.7 Å². The molecule has 8 nitrogen and oxygen atoms in total. The summed E-state index contributed by atoms with van der Waals surface area (Å²) in [4.78, 5) is 31.1. The molecule has 4 fully saturated rings. The third-order valence-corrected chi connectivity index (χ3v) is 10.2. The van der Waals surface area contributed by atoms with E-state index in [1.54, 1.807) is 0 Å². The van der Waals surface area contributed by atoms with Crippen molar-refractivity contribution in [1.29, 1.82) is 0 Å². The summed E-state index contributed by atoms with van der Waals surface area (Å²) < 4.78 is 26.2. The standard InChI is InChI=1S/C32H36FN5O3/c1-19-5-2-6-20-7-3-8-22(27(19)20)25-10-9-24-28(34-25)35-31(40-18-32-12-4-13-38(32)16-21(33)15-32)36-29(24)37-14-11-23-26(17-37)41-30(23)39/h3,7-10,19,21,23,26H,2,4-6,11-18H2,1H3/t19?,21-,23-,26+,32+/m1/s1. The van der Waals surface area contributed by atoms with Crippen LogP contribution in [0.5, 0.6) is 6.01 Å². The smallest absolute Gasteiger partial charge is 0.320 e. The van der Waals surface area contributed by atoms with E-state index in [-0.39, 0.29) is 29.5 Å². The minimum Gasteiger partial charge on any atom is -0.461 e. The van der Waals surface area contributed by atoms with Crippen LogP contribution in [0.3, 0.4) is 0 Å². The first kappa shape index (κ1) is 25.4. The lowest BCUT2D eigenvalue weighted by atomic mass is 9.80. The molecule has 2 aromatic heterocycles. The van der Waals surface area contributed by atoms with Crippen molar-refractivity contribution in [2.45, 2.75) is 75.6 Å². The topological polar surface area (TPSA) is 80.7 Å². The molecule has 0 spiro atoms. The SMILES string of the molecule is CC1CCCc2cccc(-c3ccc4c(N5CC[C@H]6C(=O)O[C@H]6C5)nc(OC[C@@]56CCCN5C[C@H](F)C6)nc4n3)c21. The summed E-state index contributed by atoms with van der Waals surface area (Å²) in [5, 5.41) is 0.855. The molecule has 0 bridgehead atoms. The van der Waals surface area contributed by atoms with Crippen LogP contribution >= 0.6 is 0 Å². The summed E-state index contributed by atoms with van der Waals surface area (Å²) in [7, 11) is 0. The van der Waals surface area contributed by atoms with Crippen molar-refractivity contribution in [3.8, 4) is 17.3 Å². The summed E-state index contributed by atoms with van der Waals surface area (Å²) in [5.74, 6) is 1.12. The lowest BCUT2D eigenvalue weighted by Gasteiger charge is -2.43. The molecule has 5 aliphatic rings. The molecule has 1 unspecified atom stereocenters. The van der Waals surface area contributed by atoms with Crippen LogP contribution in [0, 0.1) is 5.92 Å². The molecule has 41 heavy (non-hydrogen) atoms. The van der Waals surface area contributed by atoms with Gasteiger partial charge in [-0.25, -0.2) is 9.37 Å². The Morgan fingerprint density at radius 1 is 1.10 bits per heavy atom. The number of aromatic nitrogens is 3. The fourth-order valence-corrected chi connectivity index (χ4v) is 8.12. The summed E-state index contributed by atoms with van der Waals surface area (Å²) in [5.41, 5.74) is 5.19. The summed E-state index contributed by atoms with van der Waals surface area (Å²) in [6.07, 6.45) is 5.79. The van der Waals surface area contributed by atoms with Crippen molar-refractivity contribution < 1.29 is 18.7 Å². The van der Waals surface area contributed by atoms with Crippen molar-refractivity contribution in [3.63, 3.8) is 0 Å². The van der Waals surface area contributed by atoms with Gasteiger partial charge in [0.2, 0.25) is 0 Å². The molecule has 0 radical (unpaired) electrons. The van der Waals surface area contributed by atoms with E-state index in [1.807, 2.05) is 0 Å². The molecule has 4 aliphatic heterocycles. The number of esters is 1. The highest BCUT2D eigenvalue weighted by Gasteiger charge is 2.50. The van der Waals surface area contributed by atoms with E-state index >= 15 is 0 Å². The second-order valence-corrected chi connectivity index (χ2v) is 12.7. The predicted molar refractivity (Wildman–Crippen MR) is 153 cm³/mol. The number of nitrogens with zero attached hydrogens (tertiary/aromatic N) is 5. The number of carbonyl (C=O) groups excluding carboxylic acids is 1. The molecule has 6 heterocycles. The number of alkyl halides is 1. The maximum Gasteiger partial charge on any atom is 0.320 e. The van der Waals surface area contributed by atoms with Crippen LogP contribution in [0.25, 0.3) is 22.3 Å². The third kappa shape index (κ3) is 4.18. The van der Waals surface area contributed by atoms with Crippen molar-refractivity contribution in [2.24, 2.45) is 5.92 Å². The number of hydrogen-bond donors (Lipinski definition) is 0. The van der Waals surface area contributed by atoms with Gasteiger partial charge in [-0.1, -0.05) is 25.1 Å². The maximum atomic E-state index is 14.4. The quantitative estimate of drug-likeness (QED) is 0.413. The van der Waals surface area contributed by atoms with Gasteiger partial charge in [0.25, 0.3) is 0 Å². The third-order valence-electron chi connectivity index (χ3n) is 10.2. The second kappa shape index (κ2) is 9.61. The molecule has 1 aliphatic carbocycles. The van der Waals surface area contributed by atoms with Crippen LogP contribution in [0.2, 0.25) is 0 Å². The molecule has 0 amide bonds. The van der Waals surface area contributed by atoms with Crippen molar-refractivity contribution in [1.82, 2.24) is 19.9 Å². The normalized spacial score (nSPS) is 30.9. The fraction of sp³-hybridized carbons (Fsp3) is 0.562. The molecule has 3 aromatic rings. The number of aryl methyl sites for hydroxylation is 1. The van der Waals surface area contributed by atoms with Gasteiger partial charge in [-0.3, -0.25) is 9.69 Å². The van der Waals surface area contributed by atoms with Crippen molar-refractivity contribution in [2.75, 3.05) is 37.7 Å². The van der Waals surface area contributed by atoms with Crippen LogP contribution in [0.4, 0.5) is 10.2 Å². The number of rotatable bonds is 5. The average Bonchev–Trinajstić information content (AvgIpc) is 3.50. The van der Waals surface area contributed by atoms with Gasteiger partial charge in [0.15, 0.2) is 5.65 Å². The van der Waals surface area contributed by atoms with Gasteiger partial charge < -0.3 is 14.4 Å². The van der Waals surface area contributed by atoms with E-state index in [9.17, 15) is 9.18 Å². The largest absolute Gasteiger partial charge is 0.461 e. The van der Waals surface area contributed by atoms with Crippen LogP contribution in [-0.4, -0.2) is 76.4 Å². The Hall–Kier alpha value is -3.33. The highest BCUT2D eigenvalue weighted by Crippen LogP contribution is 2.42. The van der Waals surface area contributed by atoms with Crippen molar-refractivity contribution >= 4 is 22.8 Å². The molecule has 0 N–H and O–H groups in total. The Morgan fingerprint density at radius 2 is 2.02 bits per heavy atom. The first-order valence-electron chi connectivity index (χ1n) is 15.3. The molecular weight excluding hydrogens is 521 g/mol. The zero-order chi connectivity index (χ0) is 27.7. The van der Waals surface area contributed by atoms with Gasteiger partial charge in [-0.15, -0.1) is 0 Å². The van der Waals surface area contributed by atoms with Crippen LogP contribution in [-0.2, 0) is 16.0 Å². The predicted octanol–water partition coefficient (Wildman–Crippen LogP) is 4.84. The van der Waals surface area contributed by atoms with Gasteiger partial charge >= 0.3 is 12.0 Å². The lowest BCUT2D eigenvalue weighted by molar-refractivity contribution is -0.185. The molecule has 5 atom stereocenters. The number of ether oxygens (including phenoxy) is 2. The van der Waals surface area contributed by atoms with E-state index < -0.39 is 6.17 Å². The number of fused-ring (bicyclic) bond motifs is 4. The van der Waals surface area contributed by atoms with Crippen LogP contribution in [0.15, 0.2) is 30.3 Å². The monoisotopic (exact) mass is 557 g/mol. The maximum absolute atomic E-state index is 14.4. The van der Waals surface area contributed by atoms with E-state index in [0.717, 1.165) is 49.1 Å². The Balaban J connectivity index is 1.18. The average molecular weight is 558 g/mol. The number of pyridine rings is 1. The summed E-state index contributed by atoms with van der Waals surface area (Å²) >= 11 is 0. The fourth-order valence-electron chi connectivity index (χ4n) is 8.12. The number of piperidine rings is 1. The van der Waals surface area contributed by atoms with E-state index in [2.05, 4.69) is 47.1 Å². The summed E-state index contributed by atoms with van der Waals surface area (Å²) in [6, 6.07) is 11.0. The Morgan fingerprint density at radius 3 is 2.90 bits per heavy atom. The van der Waals surface area contributed by atoms with E-state index in [4.69, 9.17) is 24.4 Å². The first-order chi connectivity index (χ1) is 20.0. The molecule has 1 aromatic carbocycles.